The van der Waals surface area contributed by atoms with Crippen LogP contribution < -0.4 is 25.4 Å². The van der Waals surface area contributed by atoms with Gasteiger partial charge < -0.3 is 30.3 Å². The zero-order valence-corrected chi connectivity index (χ0v) is 25.4. The number of nitrogens with zero attached hydrogens (tertiary/aromatic N) is 1. The van der Waals surface area contributed by atoms with Crippen LogP contribution in [-0.4, -0.2) is 73.5 Å². The molecule has 10 heteroatoms. The lowest BCUT2D eigenvalue weighted by molar-refractivity contribution is -0.137. The van der Waals surface area contributed by atoms with Gasteiger partial charge in [-0.15, -0.1) is 0 Å². The number of carbonyl (C=O) groups excluding carboxylic acids is 4. The van der Waals surface area contributed by atoms with E-state index in [2.05, 4.69) is 16.0 Å². The summed E-state index contributed by atoms with van der Waals surface area (Å²) in [5, 5.41) is 8.29. The van der Waals surface area contributed by atoms with Crippen LogP contribution in [0.3, 0.4) is 0 Å². The number of hydrogen-bond acceptors (Lipinski definition) is 6. The molecule has 0 bridgehead atoms. The van der Waals surface area contributed by atoms with E-state index in [0.717, 1.165) is 16.7 Å². The maximum atomic E-state index is 13.6. The zero-order valence-electron chi connectivity index (χ0n) is 25.4. The Morgan fingerprint density at radius 1 is 1.00 bits per heavy atom. The largest absolute Gasteiger partial charge is 0.491 e. The summed E-state index contributed by atoms with van der Waals surface area (Å²) >= 11 is 0. The van der Waals surface area contributed by atoms with Gasteiger partial charge in [0.05, 0.1) is 25.1 Å². The third kappa shape index (κ3) is 8.82. The molecule has 3 N–H and O–H groups in total. The molecule has 0 unspecified atom stereocenters. The Morgan fingerprint density at radius 3 is 2.50 bits per heavy atom. The maximum absolute atomic E-state index is 13.6. The molecular formula is C34H40N4O6. The molecule has 2 atom stereocenters. The molecule has 1 aliphatic rings. The van der Waals surface area contributed by atoms with Crippen molar-refractivity contribution in [2.75, 3.05) is 32.8 Å². The lowest BCUT2D eigenvalue weighted by Gasteiger charge is -2.28. The number of likely N-dealkylation sites (N-methyl/N-ethyl adjacent to an activating group) is 1. The first kappa shape index (κ1) is 32.1. The molecule has 0 saturated carbocycles. The van der Waals surface area contributed by atoms with E-state index in [9.17, 15) is 19.2 Å². The van der Waals surface area contributed by atoms with E-state index in [1.54, 1.807) is 29.2 Å². The molecule has 1 heterocycles. The second-order valence-corrected chi connectivity index (χ2v) is 10.7. The highest BCUT2D eigenvalue weighted by molar-refractivity contribution is 6.01. The summed E-state index contributed by atoms with van der Waals surface area (Å²) in [5.41, 5.74) is 3.19. The van der Waals surface area contributed by atoms with Gasteiger partial charge in [0.1, 0.15) is 36.8 Å². The number of benzene rings is 3. The van der Waals surface area contributed by atoms with Gasteiger partial charge >= 0.3 is 0 Å². The van der Waals surface area contributed by atoms with Crippen molar-refractivity contribution in [3.8, 4) is 11.5 Å². The van der Waals surface area contributed by atoms with Gasteiger partial charge in [0.25, 0.3) is 5.91 Å². The third-order valence-electron chi connectivity index (χ3n) is 7.36. The van der Waals surface area contributed by atoms with Crippen LogP contribution in [0.15, 0.2) is 72.8 Å². The molecular weight excluding hydrogens is 560 g/mol. The quantitative estimate of drug-likeness (QED) is 0.342. The topological polar surface area (TPSA) is 126 Å². The molecule has 4 rings (SSSR count). The van der Waals surface area contributed by atoms with Crippen LogP contribution in [0.4, 0.5) is 0 Å². The number of aryl methyl sites for hydroxylation is 2. The minimum atomic E-state index is -1.21. The Labute approximate surface area is 258 Å². The molecule has 0 saturated heterocycles. The van der Waals surface area contributed by atoms with Crippen LogP contribution in [0.2, 0.25) is 0 Å². The first-order valence-corrected chi connectivity index (χ1v) is 14.9. The van der Waals surface area contributed by atoms with E-state index in [-0.39, 0.29) is 50.6 Å². The van der Waals surface area contributed by atoms with E-state index in [1.807, 2.05) is 69.3 Å². The number of para-hydroxylation sites is 1. The van der Waals surface area contributed by atoms with Gasteiger partial charge in [-0.3, -0.25) is 19.2 Å². The summed E-state index contributed by atoms with van der Waals surface area (Å²) in [7, 11) is 0. The van der Waals surface area contributed by atoms with Gasteiger partial charge in [-0.05, 0) is 50.1 Å². The van der Waals surface area contributed by atoms with E-state index < -0.39 is 29.8 Å². The van der Waals surface area contributed by atoms with E-state index >= 15 is 0 Å². The van der Waals surface area contributed by atoms with Crippen molar-refractivity contribution < 1.29 is 28.7 Å². The molecule has 3 aromatic rings. The van der Waals surface area contributed by atoms with Gasteiger partial charge in [-0.25, -0.2) is 0 Å². The van der Waals surface area contributed by atoms with Crippen molar-refractivity contribution in [3.05, 3.63) is 95.1 Å². The molecule has 1 aliphatic heterocycles. The minimum Gasteiger partial charge on any atom is -0.491 e. The zero-order chi connectivity index (χ0) is 31.5. The fourth-order valence-corrected chi connectivity index (χ4v) is 5.04. The standard InChI is InChI=1S/C34H40N4O6/c1-4-38-17-19-44-30-13-9-8-12-26(30)32(40)37-27(33(41)35-16-18-43-29-15-14-23(2)20-24(29)3)22-31(39)36-28(34(38)42)21-25-10-6-5-7-11-25/h5-15,20,27-28H,4,16-19,21-22H2,1-3H3,(H,35,41)(H,36,39)(H,37,40)/t27-,28-/m0/s1. The fourth-order valence-electron chi connectivity index (χ4n) is 5.04. The molecule has 0 aliphatic carbocycles. The van der Waals surface area contributed by atoms with E-state index in [4.69, 9.17) is 9.47 Å². The molecule has 10 nitrogen and oxygen atoms in total. The predicted molar refractivity (Wildman–Crippen MR) is 167 cm³/mol. The van der Waals surface area contributed by atoms with Crippen molar-refractivity contribution in [2.45, 2.75) is 45.7 Å². The highest BCUT2D eigenvalue weighted by Crippen LogP contribution is 2.20. The Hall–Kier alpha value is -4.86. The van der Waals surface area contributed by atoms with E-state index in [1.165, 1.54) is 0 Å². The Balaban J connectivity index is 1.53. The summed E-state index contributed by atoms with van der Waals surface area (Å²) in [6.07, 6.45) is -0.103. The molecule has 44 heavy (non-hydrogen) atoms. The second-order valence-electron chi connectivity index (χ2n) is 10.7. The van der Waals surface area contributed by atoms with Crippen LogP contribution in [-0.2, 0) is 20.8 Å². The number of ether oxygens (including phenoxy) is 2. The molecule has 3 aromatic carbocycles. The molecule has 0 aromatic heterocycles. The number of amides is 4. The fraction of sp³-hybridized carbons (Fsp3) is 0.353. The van der Waals surface area contributed by atoms with Crippen LogP contribution in [0, 0.1) is 13.8 Å². The van der Waals surface area contributed by atoms with Gasteiger partial charge in [0.2, 0.25) is 17.7 Å². The summed E-state index contributed by atoms with van der Waals surface area (Å²) in [4.78, 5) is 55.3. The average molecular weight is 601 g/mol. The molecule has 0 spiro atoms. The normalized spacial score (nSPS) is 17.8. The Kier molecular flexibility index (Phi) is 11.3. The molecule has 0 radical (unpaired) electrons. The first-order chi connectivity index (χ1) is 21.2. The maximum Gasteiger partial charge on any atom is 0.255 e. The van der Waals surface area contributed by atoms with Crippen LogP contribution in [0.1, 0.15) is 40.4 Å². The van der Waals surface area contributed by atoms with Gasteiger partial charge in [-0.2, -0.15) is 0 Å². The van der Waals surface area contributed by atoms with Gasteiger partial charge in [0, 0.05) is 13.0 Å². The van der Waals surface area contributed by atoms with E-state index in [0.29, 0.717) is 18.0 Å². The van der Waals surface area contributed by atoms with Crippen LogP contribution >= 0.6 is 0 Å². The lowest BCUT2D eigenvalue weighted by atomic mass is 10.0. The van der Waals surface area contributed by atoms with Gasteiger partial charge in [-0.1, -0.05) is 60.2 Å². The summed E-state index contributed by atoms with van der Waals surface area (Å²) < 4.78 is 11.8. The second kappa shape index (κ2) is 15.6. The highest BCUT2D eigenvalue weighted by atomic mass is 16.5. The number of hydrogen-bond donors (Lipinski definition) is 3. The van der Waals surface area contributed by atoms with Crippen molar-refractivity contribution in [3.63, 3.8) is 0 Å². The highest BCUT2D eigenvalue weighted by Gasteiger charge is 2.30. The number of nitrogens with one attached hydrogen (secondary N) is 3. The van der Waals surface area contributed by atoms with Crippen LogP contribution in [0.25, 0.3) is 0 Å². The number of carbonyl (C=O) groups is 4. The van der Waals surface area contributed by atoms with Crippen LogP contribution in [0.5, 0.6) is 11.5 Å². The average Bonchev–Trinajstić information content (AvgIpc) is 3.01. The minimum absolute atomic E-state index is 0.139. The smallest absolute Gasteiger partial charge is 0.255 e. The summed E-state index contributed by atoms with van der Waals surface area (Å²) in [6.45, 7) is 6.95. The van der Waals surface area contributed by atoms with Crippen molar-refractivity contribution in [2.24, 2.45) is 0 Å². The Bertz CT molecular complexity index is 1460. The summed E-state index contributed by atoms with van der Waals surface area (Å²) in [5.74, 6) is -0.874. The SMILES string of the molecule is CCN1CCOc2ccccc2C(=O)N[C@H](C(=O)NCCOc2ccc(C)cc2C)CC(=O)N[C@@H](Cc2ccccc2)C1=O. The van der Waals surface area contributed by atoms with Crippen molar-refractivity contribution >= 4 is 23.6 Å². The molecule has 4 amide bonds. The van der Waals surface area contributed by atoms with Gasteiger partial charge in [0.15, 0.2) is 0 Å². The summed E-state index contributed by atoms with van der Waals surface area (Å²) in [6, 6.07) is 19.8. The molecule has 0 fully saturated rings. The monoisotopic (exact) mass is 600 g/mol. The molecule has 232 valence electrons. The lowest BCUT2D eigenvalue weighted by Crippen LogP contribution is -2.54. The predicted octanol–water partition coefficient (Wildman–Crippen LogP) is 2.96. The van der Waals surface area contributed by atoms with Crippen molar-refractivity contribution in [1.82, 2.24) is 20.9 Å². The first-order valence-electron chi connectivity index (χ1n) is 14.9. The number of rotatable bonds is 8. The third-order valence-corrected chi connectivity index (χ3v) is 7.36. The Morgan fingerprint density at radius 2 is 1.75 bits per heavy atom. The number of fused-ring (bicyclic) bond motifs is 1. The van der Waals surface area contributed by atoms with Crippen molar-refractivity contribution in [1.29, 1.82) is 0 Å².